The van der Waals surface area contributed by atoms with Gasteiger partial charge in [-0.3, -0.25) is 19.4 Å². The topological polar surface area (TPSA) is 153 Å². The second kappa shape index (κ2) is 13.4. The van der Waals surface area contributed by atoms with E-state index in [0.29, 0.717) is 44.0 Å². The lowest BCUT2D eigenvalue weighted by molar-refractivity contribution is -0.146. The number of unbranched alkanes of at least 4 members (excludes halogenated alkanes) is 2. The van der Waals surface area contributed by atoms with Crippen molar-refractivity contribution < 1.29 is 28.3 Å². The van der Waals surface area contributed by atoms with E-state index in [9.17, 15) is 14.4 Å². The first-order chi connectivity index (χ1) is 20.4. The monoisotopic (exact) mass is 574 g/mol. The summed E-state index contributed by atoms with van der Waals surface area (Å²) in [6, 6.07) is 7.44. The molecule has 0 radical (unpaired) electrons. The van der Waals surface area contributed by atoms with Crippen LogP contribution in [-0.2, 0) is 14.3 Å². The number of pyridine rings is 1. The van der Waals surface area contributed by atoms with Crippen LogP contribution < -0.4 is 10.1 Å². The highest BCUT2D eigenvalue weighted by molar-refractivity contribution is 5.91. The number of imidazole rings is 1. The van der Waals surface area contributed by atoms with Gasteiger partial charge in [-0.1, -0.05) is 18.9 Å². The van der Waals surface area contributed by atoms with E-state index in [1.165, 1.54) is 17.4 Å². The Kier molecular flexibility index (Phi) is 9.22. The number of methoxy groups -OCH3 is 1. The second-order valence-corrected chi connectivity index (χ2v) is 10.2. The lowest BCUT2D eigenvalue weighted by Gasteiger charge is -2.27. The molecule has 4 heterocycles. The molecule has 0 bridgehead atoms. The molecule has 2 amide bonds. The number of aromatic nitrogens is 4. The van der Waals surface area contributed by atoms with Crippen LogP contribution in [0.4, 0.5) is 0 Å². The Morgan fingerprint density at radius 1 is 1.19 bits per heavy atom. The van der Waals surface area contributed by atoms with Gasteiger partial charge in [-0.2, -0.15) is 0 Å². The minimum atomic E-state index is -0.430. The van der Waals surface area contributed by atoms with Gasteiger partial charge in [0, 0.05) is 35.7 Å². The lowest BCUT2D eigenvalue weighted by Crippen LogP contribution is -2.47. The highest BCUT2D eigenvalue weighted by atomic mass is 16.5. The summed E-state index contributed by atoms with van der Waals surface area (Å²) in [4.78, 5) is 55.4. The molecular weight excluding hydrogens is 540 g/mol. The number of fused-ring (bicyclic) bond motifs is 1. The van der Waals surface area contributed by atoms with E-state index in [0.717, 1.165) is 40.7 Å². The first-order valence-electron chi connectivity index (χ1n) is 14.0. The molecule has 42 heavy (non-hydrogen) atoms. The van der Waals surface area contributed by atoms with Crippen molar-refractivity contribution in [2.24, 2.45) is 0 Å². The minimum Gasteiger partial charge on any atom is -0.496 e. The van der Waals surface area contributed by atoms with E-state index >= 15 is 0 Å². The van der Waals surface area contributed by atoms with Crippen LogP contribution in [0.1, 0.15) is 60.3 Å². The molecule has 1 aliphatic heterocycles. The predicted molar refractivity (Wildman–Crippen MR) is 153 cm³/mol. The number of nitrogens with zero attached hydrogens (tertiary/aromatic N) is 4. The number of hydrogen-bond donors (Lipinski definition) is 2. The Bertz CT molecular complexity index is 1550. The van der Waals surface area contributed by atoms with Crippen LogP contribution in [0.25, 0.3) is 22.2 Å². The molecule has 1 atom stereocenters. The first-order valence-corrected chi connectivity index (χ1v) is 14.0. The van der Waals surface area contributed by atoms with E-state index in [2.05, 4.69) is 25.3 Å². The van der Waals surface area contributed by atoms with Crippen LogP contribution in [0, 0.1) is 6.92 Å². The van der Waals surface area contributed by atoms with Crippen LogP contribution in [0.2, 0.25) is 0 Å². The zero-order valence-electron chi connectivity index (χ0n) is 23.7. The summed E-state index contributed by atoms with van der Waals surface area (Å²) >= 11 is 0. The summed E-state index contributed by atoms with van der Waals surface area (Å²) in [6.45, 7) is 2.64. The molecule has 1 aliphatic rings. The van der Waals surface area contributed by atoms with Gasteiger partial charge < -0.3 is 29.1 Å². The fourth-order valence-corrected chi connectivity index (χ4v) is 4.97. The molecule has 4 aromatic rings. The lowest BCUT2D eigenvalue weighted by atomic mass is 10.0. The van der Waals surface area contributed by atoms with Crippen molar-refractivity contribution in [3.63, 3.8) is 0 Å². The molecule has 2 N–H and O–H groups in total. The van der Waals surface area contributed by atoms with Crippen LogP contribution in [0.15, 0.2) is 47.3 Å². The molecule has 220 valence electrons. The SMILES string of the molecule is COc1cc2nc(C)ccc2cc1-c1cnc([C@H](CCCCCC(=O)c2ncco2)NC(=O)CN2CCOCC2=O)[nH]1. The number of carbonyl (C=O) groups excluding carboxylic acids is 3. The number of hydrogen-bond acceptors (Lipinski definition) is 9. The molecular formula is C30H34N6O6. The summed E-state index contributed by atoms with van der Waals surface area (Å²) in [7, 11) is 1.61. The summed E-state index contributed by atoms with van der Waals surface area (Å²) in [5, 5.41) is 4.02. The van der Waals surface area contributed by atoms with Gasteiger partial charge in [-0.15, -0.1) is 0 Å². The van der Waals surface area contributed by atoms with Crippen molar-refractivity contribution in [2.45, 2.75) is 45.1 Å². The Morgan fingerprint density at radius 2 is 2.07 bits per heavy atom. The molecule has 5 rings (SSSR count). The molecule has 0 unspecified atom stereocenters. The number of rotatable bonds is 13. The number of ether oxygens (including phenoxy) is 2. The quantitative estimate of drug-likeness (QED) is 0.179. The Labute approximate surface area is 242 Å². The summed E-state index contributed by atoms with van der Waals surface area (Å²) in [6.07, 6.45) is 7.64. The smallest absolute Gasteiger partial charge is 0.263 e. The summed E-state index contributed by atoms with van der Waals surface area (Å²) in [5.74, 6) is 0.736. The predicted octanol–water partition coefficient (Wildman–Crippen LogP) is 3.78. The van der Waals surface area contributed by atoms with E-state index in [1.807, 2.05) is 31.2 Å². The largest absolute Gasteiger partial charge is 0.496 e. The molecule has 12 nitrogen and oxygen atoms in total. The fraction of sp³-hybridized carbons (Fsp3) is 0.400. The second-order valence-electron chi connectivity index (χ2n) is 10.2. The average Bonchev–Trinajstić information content (AvgIpc) is 3.70. The molecule has 0 aliphatic carbocycles. The van der Waals surface area contributed by atoms with Crippen LogP contribution >= 0.6 is 0 Å². The van der Waals surface area contributed by atoms with Gasteiger partial charge in [0.25, 0.3) is 5.89 Å². The van der Waals surface area contributed by atoms with Gasteiger partial charge in [-0.25, -0.2) is 9.97 Å². The number of nitrogens with one attached hydrogen (secondary N) is 2. The minimum absolute atomic E-state index is 0.0207. The Morgan fingerprint density at radius 3 is 2.86 bits per heavy atom. The maximum absolute atomic E-state index is 13.0. The molecule has 0 spiro atoms. The van der Waals surface area contributed by atoms with Crippen LogP contribution in [-0.4, -0.2) is 75.8 Å². The van der Waals surface area contributed by atoms with Gasteiger partial charge in [0.1, 0.15) is 24.4 Å². The molecule has 12 heteroatoms. The third-order valence-electron chi connectivity index (χ3n) is 7.19. The number of aryl methyl sites for hydroxylation is 1. The van der Waals surface area contributed by atoms with E-state index in [-0.39, 0.29) is 36.6 Å². The highest BCUT2D eigenvalue weighted by Crippen LogP contribution is 2.33. The number of amides is 2. The zero-order chi connectivity index (χ0) is 29.5. The van der Waals surface area contributed by atoms with Crippen LogP contribution in [0.3, 0.4) is 0 Å². The Hall–Kier alpha value is -4.58. The maximum atomic E-state index is 13.0. The Balaban J connectivity index is 1.30. The van der Waals surface area contributed by atoms with Crippen LogP contribution in [0.5, 0.6) is 5.75 Å². The molecule has 0 saturated carbocycles. The highest BCUT2D eigenvalue weighted by Gasteiger charge is 2.24. The van der Waals surface area contributed by atoms with Gasteiger partial charge in [0.05, 0.1) is 49.9 Å². The van der Waals surface area contributed by atoms with Crippen molar-refractivity contribution in [2.75, 3.05) is 33.4 Å². The van der Waals surface area contributed by atoms with Crippen molar-refractivity contribution >= 4 is 28.5 Å². The normalized spacial score (nSPS) is 14.2. The van der Waals surface area contributed by atoms with Gasteiger partial charge in [-0.05, 0) is 31.9 Å². The first kappa shape index (κ1) is 28.9. The van der Waals surface area contributed by atoms with Crippen molar-refractivity contribution in [3.05, 3.63) is 60.3 Å². The third kappa shape index (κ3) is 7.00. The molecule has 3 aromatic heterocycles. The van der Waals surface area contributed by atoms with E-state index in [1.54, 1.807) is 13.3 Å². The number of morpholine rings is 1. The molecule has 1 aromatic carbocycles. The van der Waals surface area contributed by atoms with Crippen molar-refractivity contribution in [3.8, 4) is 17.0 Å². The number of oxazole rings is 1. The van der Waals surface area contributed by atoms with Crippen molar-refractivity contribution in [1.82, 2.24) is 30.2 Å². The maximum Gasteiger partial charge on any atom is 0.263 e. The van der Waals surface area contributed by atoms with E-state index < -0.39 is 6.04 Å². The molecule has 1 saturated heterocycles. The number of ketones is 1. The number of aromatic amines is 1. The number of Topliss-reactive ketones (excluding diaryl/α,β-unsaturated/α-hetero) is 1. The van der Waals surface area contributed by atoms with E-state index in [4.69, 9.17) is 13.9 Å². The molecule has 1 fully saturated rings. The average molecular weight is 575 g/mol. The number of benzene rings is 1. The van der Waals surface area contributed by atoms with Crippen molar-refractivity contribution in [1.29, 1.82) is 0 Å². The summed E-state index contributed by atoms with van der Waals surface area (Å²) in [5.41, 5.74) is 3.31. The standard InChI is InChI=1S/C30H34N6O6/c1-19-8-9-20-14-21(26(40-2)15-23(20)33-19)24-16-32-29(35-24)22(34-27(38)17-36-11-13-41-18-28(36)39)6-4-3-5-7-25(37)30-31-10-12-42-30/h8-10,12,14-16,22H,3-7,11,13,17-18H2,1-2H3,(H,32,35)(H,34,38)/t22-/m0/s1. The summed E-state index contributed by atoms with van der Waals surface area (Å²) < 4.78 is 15.9. The van der Waals surface area contributed by atoms with Gasteiger partial charge in [0.15, 0.2) is 0 Å². The number of H-pyrrole nitrogens is 1. The van der Waals surface area contributed by atoms with Gasteiger partial charge in [0.2, 0.25) is 17.6 Å². The third-order valence-corrected chi connectivity index (χ3v) is 7.19. The van der Waals surface area contributed by atoms with Gasteiger partial charge >= 0.3 is 0 Å². The number of carbonyl (C=O) groups is 3. The zero-order valence-corrected chi connectivity index (χ0v) is 23.7. The fourth-order valence-electron chi connectivity index (χ4n) is 4.97.